The normalized spacial score (nSPS) is 14.6. The first-order valence-corrected chi connectivity index (χ1v) is 6.35. The standard InChI is InChI=1S/C16H13F2NO/c1-16(17,18)14-9-5-8-12-13(14)10-19(15(12)20)11-6-3-2-4-7-11/h2-9H,10H2,1H3. The lowest BCUT2D eigenvalue weighted by Crippen LogP contribution is -2.22. The van der Waals surface area contributed by atoms with Gasteiger partial charge in [0.05, 0.1) is 6.54 Å². The Labute approximate surface area is 115 Å². The van der Waals surface area contributed by atoms with Crippen LogP contribution in [0.2, 0.25) is 0 Å². The molecule has 0 atom stereocenters. The molecule has 1 aliphatic rings. The van der Waals surface area contributed by atoms with Gasteiger partial charge < -0.3 is 4.90 Å². The third kappa shape index (κ3) is 1.97. The first kappa shape index (κ1) is 12.8. The lowest BCUT2D eigenvalue weighted by atomic mass is 9.99. The number of benzene rings is 2. The third-order valence-corrected chi connectivity index (χ3v) is 3.51. The summed E-state index contributed by atoms with van der Waals surface area (Å²) in [6.07, 6.45) is 0. The molecule has 0 spiro atoms. The maximum atomic E-state index is 13.6. The van der Waals surface area contributed by atoms with Gasteiger partial charge in [0, 0.05) is 23.7 Å². The van der Waals surface area contributed by atoms with E-state index in [1.807, 2.05) is 18.2 Å². The van der Waals surface area contributed by atoms with E-state index in [4.69, 9.17) is 0 Å². The number of amides is 1. The molecule has 0 unspecified atom stereocenters. The lowest BCUT2D eigenvalue weighted by Gasteiger charge is -2.17. The van der Waals surface area contributed by atoms with Gasteiger partial charge >= 0.3 is 0 Å². The monoisotopic (exact) mass is 273 g/mol. The molecule has 2 nitrogen and oxygen atoms in total. The van der Waals surface area contributed by atoms with E-state index in [0.717, 1.165) is 12.6 Å². The number of fused-ring (bicyclic) bond motifs is 1. The molecule has 0 N–H and O–H groups in total. The quantitative estimate of drug-likeness (QED) is 0.811. The Morgan fingerprint density at radius 3 is 2.40 bits per heavy atom. The van der Waals surface area contributed by atoms with E-state index < -0.39 is 5.92 Å². The van der Waals surface area contributed by atoms with Gasteiger partial charge in [-0.15, -0.1) is 0 Å². The van der Waals surface area contributed by atoms with Crippen LogP contribution in [0.5, 0.6) is 0 Å². The van der Waals surface area contributed by atoms with Crippen molar-refractivity contribution in [2.24, 2.45) is 0 Å². The summed E-state index contributed by atoms with van der Waals surface area (Å²) in [7, 11) is 0. The largest absolute Gasteiger partial charge is 0.304 e. The van der Waals surface area contributed by atoms with E-state index in [-0.39, 0.29) is 18.0 Å². The number of carbonyl (C=O) groups is 1. The average molecular weight is 273 g/mol. The number of hydrogen-bond donors (Lipinski definition) is 0. The Bertz CT molecular complexity index is 662. The third-order valence-electron chi connectivity index (χ3n) is 3.51. The van der Waals surface area contributed by atoms with Gasteiger partial charge in [0.1, 0.15) is 0 Å². The number of hydrogen-bond acceptors (Lipinski definition) is 1. The highest BCUT2D eigenvalue weighted by atomic mass is 19.3. The van der Waals surface area contributed by atoms with E-state index in [2.05, 4.69) is 0 Å². The summed E-state index contributed by atoms with van der Waals surface area (Å²) in [6.45, 7) is 1.05. The van der Waals surface area contributed by atoms with Crippen LogP contribution in [0, 0.1) is 0 Å². The number of rotatable bonds is 2. The summed E-state index contributed by atoms with van der Waals surface area (Å²) in [5.41, 5.74) is 1.45. The molecule has 20 heavy (non-hydrogen) atoms. The molecule has 0 saturated heterocycles. The van der Waals surface area contributed by atoms with Crippen molar-refractivity contribution < 1.29 is 13.6 Å². The number of nitrogens with zero attached hydrogens (tertiary/aromatic N) is 1. The fourth-order valence-electron chi connectivity index (χ4n) is 2.56. The van der Waals surface area contributed by atoms with Gasteiger partial charge in [0.25, 0.3) is 11.8 Å². The molecule has 2 aromatic rings. The lowest BCUT2D eigenvalue weighted by molar-refractivity contribution is 0.0166. The number of halogens is 2. The van der Waals surface area contributed by atoms with Crippen molar-refractivity contribution in [2.45, 2.75) is 19.4 Å². The van der Waals surface area contributed by atoms with Crippen LogP contribution in [0.15, 0.2) is 48.5 Å². The highest BCUT2D eigenvalue weighted by Gasteiger charge is 2.36. The molecule has 0 bridgehead atoms. The summed E-state index contributed by atoms with van der Waals surface area (Å²) in [5.74, 6) is -3.17. The van der Waals surface area contributed by atoms with Gasteiger partial charge in [0.2, 0.25) is 0 Å². The SMILES string of the molecule is CC(F)(F)c1cccc2c1CN(c1ccccc1)C2=O. The Morgan fingerprint density at radius 2 is 1.75 bits per heavy atom. The van der Waals surface area contributed by atoms with E-state index in [9.17, 15) is 13.6 Å². The zero-order valence-corrected chi connectivity index (χ0v) is 10.9. The highest BCUT2D eigenvalue weighted by molar-refractivity contribution is 6.10. The number of para-hydroxylation sites is 1. The number of carbonyl (C=O) groups excluding carboxylic acids is 1. The fourth-order valence-corrected chi connectivity index (χ4v) is 2.56. The molecule has 1 amide bonds. The Balaban J connectivity index is 2.07. The first-order chi connectivity index (χ1) is 9.48. The van der Waals surface area contributed by atoms with Crippen molar-refractivity contribution in [1.82, 2.24) is 0 Å². The molecule has 2 aromatic carbocycles. The summed E-state index contributed by atoms with van der Waals surface area (Å²) < 4.78 is 27.3. The van der Waals surface area contributed by atoms with Crippen LogP contribution in [0.3, 0.4) is 0 Å². The highest BCUT2D eigenvalue weighted by Crippen LogP contribution is 2.37. The van der Waals surface area contributed by atoms with Crippen molar-refractivity contribution in [1.29, 1.82) is 0 Å². The average Bonchev–Trinajstić information content (AvgIpc) is 2.76. The minimum absolute atomic E-state index is 0.0678. The van der Waals surface area contributed by atoms with Crippen LogP contribution in [0.1, 0.15) is 28.4 Å². The van der Waals surface area contributed by atoms with Crippen LogP contribution in [0.25, 0.3) is 0 Å². The second-order valence-electron chi connectivity index (χ2n) is 4.95. The molecular formula is C16H13F2NO. The second kappa shape index (κ2) is 4.40. The Morgan fingerprint density at radius 1 is 1.05 bits per heavy atom. The number of alkyl halides is 2. The summed E-state index contributed by atoms with van der Waals surface area (Å²) >= 11 is 0. The zero-order chi connectivity index (χ0) is 14.3. The second-order valence-corrected chi connectivity index (χ2v) is 4.95. The molecule has 1 aliphatic heterocycles. The fraction of sp³-hybridized carbons (Fsp3) is 0.188. The molecule has 0 aromatic heterocycles. The topological polar surface area (TPSA) is 20.3 Å². The maximum absolute atomic E-state index is 13.6. The predicted octanol–water partition coefficient (Wildman–Crippen LogP) is 3.96. The van der Waals surface area contributed by atoms with Gasteiger partial charge in [-0.3, -0.25) is 4.79 Å². The molecule has 0 aliphatic carbocycles. The van der Waals surface area contributed by atoms with Crippen LogP contribution in [-0.4, -0.2) is 5.91 Å². The van der Waals surface area contributed by atoms with Crippen molar-refractivity contribution >= 4 is 11.6 Å². The van der Waals surface area contributed by atoms with E-state index in [1.54, 1.807) is 18.2 Å². The van der Waals surface area contributed by atoms with Gasteiger partial charge in [0.15, 0.2) is 0 Å². The van der Waals surface area contributed by atoms with Gasteiger partial charge in [-0.2, -0.15) is 0 Å². The first-order valence-electron chi connectivity index (χ1n) is 6.35. The van der Waals surface area contributed by atoms with Crippen LogP contribution in [-0.2, 0) is 12.5 Å². The van der Waals surface area contributed by atoms with Crippen molar-refractivity contribution in [3.63, 3.8) is 0 Å². The van der Waals surface area contributed by atoms with Crippen LogP contribution >= 0.6 is 0 Å². The summed E-state index contributed by atoms with van der Waals surface area (Å²) in [5, 5.41) is 0. The Kier molecular flexibility index (Phi) is 2.82. The molecule has 3 rings (SSSR count). The molecule has 102 valence electrons. The van der Waals surface area contributed by atoms with Crippen molar-refractivity contribution in [2.75, 3.05) is 4.90 Å². The molecular weight excluding hydrogens is 260 g/mol. The molecule has 0 radical (unpaired) electrons. The van der Waals surface area contributed by atoms with E-state index >= 15 is 0 Å². The zero-order valence-electron chi connectivity index (χ0n) is 10.9. The van der Waals surface area contributed by atoms with Gasteiger partial charge in [-0.1, -0.05) is 30.3 Å². The molecule has 1 heterocycles. The van der Waals surface area contributed by atoms with Crippen LogP contribution in [0.4, 0.5) is 14.5 Å². The maximum Gasteiger partial charge on any atom is 0.270 e. The van der Waals surface area contributed by atoms with E-state index in [0.29, 0.717) is 11.1 Å². The van der Waals surface area contributed by atoms with Gasteiger partial charge in [-0.05, 0) is 23.8 Å². The minimum Gasteiger partial charge on any atom is -0.304 e. The Hall–Kier alpha value is -2.23. The van der Waals surface area contributed by atoms with Crippen molar-refractivity contribution in [3.05, 3.63) is 65.2 Å². The van der Waals surface area contributed by atoms with E-state index in [1.165, 1.54) is 17.0 Å². The summed E-state index contributed by atoms with van der Waals surface area (Å²) in [4.78, 5) is 13.9. The molecule has 4 heteroatoms. The van der Waals surface area contributed by atoms with Crippen molar-refractivity contribution in [3.8, 4) is 0 Å². The van der Waals surface area contributed by atoms with Gasteiger partial charge in [-0.25, -0.2) is 8.78 Å². The molecule has 0 fully saturated rings. The molecule has 0 saturated carbocycles. The smallest absolute Gasteiger partial charge is 0.270 e. The predicted molar refractivity (Wildman–Crippen MR) is 73.0 cm³/mol. The van der Waals surface area contributed by atoms with Crippen LogP contribution < -0.4 is 4.90 Å². The summed E-state index contributed by atoms with van der Waals surface area (Å²) in [6, 6.07) is 13.6. The minimum atomic E-state index is -2.95. The number of anilines is 1.